The summed E-state index contributed by atoms with van der Waals surface area (Å²) in [5.74, 6) is 1.56. The zero-order valence-corrected chi connectivity index (χ0v) is 10.8. The summed E-state index contributed by atoms with van der Waals surface area (Å²) in [5.41, 5.74) is 6.61. The minimum absolute atomic E-state index is 0.616. The molecule has 1 atom stereocenters. The highest BCUT2D eigenvalue weighted by Gasteiger charge is 2.08. The summed E-state index contributed by atoms with van der Waals surface area (Å²) in [6, 6.07) is 2.02. The van der Waals surface area contributed by atoms with Crippen LogP contribution in [0.15, 0.2) is 17.8 Å². The van der Waals surface area contributed by atoms with Crippen molar-refractivity contribution in [2.24, 2.45) is 11.7 Å². The van der Waals surface area contributed by atoms with Crippen LogP contribution in [0.4, 0.5) is 5.82 Å². The molecule has 0 saturated carbocycles. The van der Waals surface area contributed by atoms with Crippen LogP contribution in [0.25, 0.3) is 10.2 Å². The van der Waals surface area contributed by atoms with Gasteiger partial charge in [-0.25, -0.2) is 9.97 Å². The molecule has 2 rings (SSSR count). The number of thiophene rings is 1. The lowest BCUT2D eigenvalue weighted by molar-refractivity contribution is 0.501. The topological polar surface area (TPSA) is 63.8 Å². The normalized spacial score (nSPS) is 12.8. The summed E-state index contributed by atoms with van der Waals surface area (Å²) in [6.45, 7) is 3.87. The average molecular weight is 250 g/mol. The maximum Gasteiger partial charge on any atom is 0.147 e. The molecular weight excluding hydrogens is 232 g/mol. The van der Waals surface area contributed by atoms with Gasteiger partial charge >= 0.3 is 0 Å². The van der Waals surface area contributed by atoms with Crippen molar-refractivity contribution < 1.29 is 0 Å². The zero-order valence-electron chi connectivity index (χ0n) is 10.0. The van der Waals surface area contributed by atoms with E-state index in [1.165, 1.54) is 0 Å². The van der Waals surface area contributed by atoms with Crippen LogP contribution in [0, 0.1) is 5.92 Å². The van der Waals surface area contributed by atoms with Gasteiger partial charge in [0.2, 0.25) is 0 Å². The Labute approximate surface area is 105 Å². The van der Waals surface area contributed by atoms with Gasteiger partial charge in [-0.15, -0.1) is 11.3 Å². The Hall–Kier alpha value is -1.20. The van der Waals surface area contributed by atoms with Gasteiger partial charge < -0.3 is 11.1 Å². The van der Waals surface area contributed by atoms with Crippen molar-refractivity contribution in [3.63, 3.8) is 0 Å². The molecule has 0 aliphatic heterocycles. The van der Waals surface area contributed by atoms with Crippen LogP contribution in [0.1, 0.15) is 19.8 Å². The highest BCUT2D eigenvalue weighted by molar-refractivity contribution is 7.17. The first kappa shape index (κ1) is 12.3. The minimum Gasteiger partial charge on any atom is -0.369 e. The van der Waals surface area contributed by atoms with E-state index in [2.05, 4.69) is 22.2 Å². The molecule has 0 spiro atoms. The number of nitrogens with one attached hydrogen (secondary N) is 1. The Kier molecular flexibility index (Phi) is 4.28. The Bertz CT molecular complexity index is 468. The van der Waals surface area contributed by atoms with Crippen LogP contribution in [-0.4, -0.2) is 23.1 Å². The Morgan fingerprint density at radius 2 is 2.35 bits per heavy atom. The molecule has 0 aliphatic rings. The summed E-state index contributed by atoms with van der Waals surface area (Å²) in [4.78, 5) is 8.53. The van der Waals surface area contributed by atoms with E-state index in [-0.39, 0.29) is 0 Å². The minimum atomic E-state index is 0.616. The summed E-state index contributed by atoms with van der Waals surface area (Å²) < 4.78 is 1.13. The second-order valence-corrected chi connectivity index (χ2v) is 5.01. The van der Waals surface area contributed by atoms with Crippen LogP contribution in [-0.2, 0) is 0 Å². The number of nitrogens with zero attached hydrogens (tertiary/aromatic N) is 2. The van der Waals surface area contributed by atoms with E-state index in [0.29, 0.717) is 5.92 Å². The zero-order chi connectivity index (χ0) is 12.1. The first-order chi connectivity index (χ1) is 8.35. The molecule has 0 radical (unpaired) electrons. The predicted octanol–water partition coefficient (Wildman–Crippen LogP) is 2.48. The fraction of sp³-hybridized carbons (Fsp3) is 0.500. The van der Waals surface area contributed by atoms with E-state index in [1.54, 1.807) is 17.7 Å². The van der Waals surface area contributed by atoms with E-state index in [1.807, 2.05) is 11.4 Å². The van der Waals surface area contributed by atoms with Crippen LogP contribution < -0.4 is 11.1 Å². The maximum atomic E-state index is 5.60. The molecule has 0 aromatic carbocycles. The highest BCUT2D eigenvalue weighted by atomic mass is 32.1. The van der Waals surface area contributed by atoms with Crippen molar-refractivity contribution in [3.8, 4) is 0 Å². The summed E-state index contributed by atoms with van der Waals surface area (Å²) in [7, 11) is 0. The Morgan fingerprint density at radius 1 is 1.47 bits per heavy atom. The van der Waals surface area contributed by atoms with Crippen LogP contribution in [0.3, 0.4) is 0 Å². The van der Waals surface area contributed by atoms with Crippen molar-refractivity contribution in [1.29, 1.82) is 0 Å². The molecule has 0 bridgehead atoms. The van der Waals surface area contributed by atoms with E-state index >= 15 is 0 Å². The molecule has 0 amide bonds. The third-order valence-electron chi connectivity index (χ3n) is 2.95. The average Bonchev–Trinajstić information content (AvgIpc) is 2.83. The molecule has 0 fully saturated rings. The van der Waals surface area contributed by atoms with E-state index in [0.717, 1.165) is 42.0 Å². The largest absolute Gasteiger partial charge is 0.369 e. The molecule has 0 aliphatic carbocycles. The van der Waals surface area contributed by atoms with Gasteiger partial charge in [0.1, 0.15) is 12.1 Å². The number of hydrogen-bond donors (Lipinski definition) is 2. The van der Waals surface area contributed by atoms with E-state index in [4.69, 9.17) is 5.73 Å². The fourth-order valence-corrected chi connectivity index (χ4v) is 2.65. The summed E-state index contributed by atoms with van der Waals surface area (Å²) >= 11 is 1.67. The molecule has 2 aromatic heterocycles. The van der Waals surface area contributed by atoms with Crippen LogP contribution >= 0.6 is 11.3 Å². The van der Waals surface area contributed by atoms with Gasteiger partial charge in [0.25, 0.3) is 0 Å². The first-order valence-corrected chi connectivity index (χ1v) is 6.85. The van der Waals surface area contributed by atoms with Crippen molar-refractivity contribution in [3.05, 3.63) is 17.8 Å². The van der Waals surface area contributed by atoms with Gasteiger partial charge in [0, 0.05) is 6.54 Å². The molecule has 2 aromatic rings. The van der Waals surface area contributed by atoms with Crippen LogP contribution in [0.2, 0.25) is 0 Å². The van der Waals surface area contributed by atoms with Crippen LogP contribution in [0.5, 0.6) is 0 Å². The summed E-state index contributed by atoms with van der Waals surface area (Å²) in [6.07, 6.45) is 3.81. The van der Waals surface area contributed by atoms with E-state index in [9.17, 15) is 0 Å². The van der Waals surface area contributed by atoms with Gasteiger partial charge in [-0.3, -0.25) is 0 Å². The predicted molar refractivity (Wildman–Crippen MR) is 73.4 cm³/mol. The lowest BCUT2D eigenvalue weighted by Gasteiger charge is -2.15. The molecule has 2 heterocycles. The van der Waals surface area contributed by atoms with Crippen molar-refractivity contribution in [2.75, 3.05) is 18.4 Å². The number of nitrogens with two attached hydrogens (primary N) is 1. The lowest BCUT2D eigenvalue weighted by atomic mass is 10.0. The SMILES string of the molecule is CCC(CCN)CNc1ncnc2ccsc12. The molecule has 0 saturated heterocycles. The fourth-order valence-electron chi connectivity index (χ4n) is 1.84. The number of aromatic nitrogens is 2. The molecule has 3 N–H and O–H groups in total. The van der Waals surface area contributed by atoms with Gasteiger partial charge in [0.15, 0.2) is 0 Å². The monoisotopic (exact) mass is 250 g/mol. The Morgan fingerprint density at radius 3 is 3.12 bits per heavy atom. The Balaban J connectivity index is 2.05. The standard InChI is InChI=1S/C12H18N4S/c1-2-9(3-5-13)7-14-12-11-10(4-6-17-11)15-8-16-12/h4,6,8-9H,2-3,5,7,13H2,1H3,(H,14,15,16). The number of anilines is 1. The molecule has 1 unspecified atom stereocenters. The maximum absolute atomic E-state index is 5.60. The smallest absolute Gasteiger partial charge is 0.147 e. The number of hydrogen-bond acceptors (Lipinski definition) is 5. The van der Waals surface area contributed by atoms with Gasteiger partial charge in [-0.05, 0) is 30.3 Å². The molecular formula is C12H18N4S. The van der Waals surface area contributed by atoms with E-state index < -0.39 is 0 Å². The van der Waals surface area contributed by atoms with Gasteiger partial charge in [0.05, 0.1) is 10.2 Å². The number of rotatable bonds is 6. The van der Waals surface area contributed by atoms with Gasteiger partial charge in [-0.1, -0.05) is 13.3 Å². The number of fused-ring (bicyclic) bond motifs is 1. The van der Waals surface area contributed by atoms with Crippen molar-refractivity contribution >= 4 is 27.4 Å². The first-order valence-electron chi connectivity index (χ1n) is 5.97. The third kappa shape index (κ3) is 2.92. The third-order valence-corrected chi connectivity index (χ3v) is 3.86. The molecule has 5 heteroatoms. The highest BCUT2D eigenvalue weighted by Crippen LogP contribution is 2.25. The summed E-state index contributed by atoms with van der Waals surface area (Å²) in [5, 5.41) is 5.46. The second-order valence-electron chi connectivity index (χ2n) is 4.09. The molecule has 92 valence electrons. The van der Waals surface area contributed by atoms with Gasteiger partial charge in [-0.2, -0.15) is 0 Å². The lowest BCUT2D eigenvalue weighted by Crippen LogP contribution is -2.17. The molecule has 4 nitrogen and oxygen atoms in total. The molecule has 17 heavy (non-hydrogen) atoms. The van der Waals surface area contributed by atoms with Crippen molar-refractivity contribution in [2.45, 2.75) is 19.8 Å². The second kappa shape index (κ2) is 5.93. The quantitative estimate of drug-likeness (QED) is 0.826. The van der Waals surface area contributed by atoms with Crippen molar-refractivity contribution in [1.82, 2.24) is 9.97 Å².